The minimum absolute atomic E-state index is 0.101. The van der Waals surface area contributed by atoms with Crippen molar-refractivity contribution in [1.29, 1.82) is 0 Å². The van der Waals surface area contributed by atoms with Crippen molar-refractivity contribution in [2.45, 2.75) is 24.4 Å². The van der Waals surface area contributed by atoms with Crippen LogP contribution >= 0.6 is 22.9 Å². The fraction of sp³-hybridized carbons (Fsp3) is 0.167. The maximum Gasteiger partial charge on any atom is 0.253 e. The SMILES string of the molecule is C[C@@H](NC(=O)c1ccc(CNS(=O)(=O)c2ccc(F)c(Cl)c2)nc1)c1cncs1. The summed E-state index contributed by atoms with van der Waals surface area (Å²) < 4.78 is 40.1. The third-order valence-electron chi connectivity index (χ3n) is 3.96. The molecule has 1 amide bonds. The summed E-state index contributed by atoms with van der Waals surface area (Å²) in [6.07, 6.45) is 3.06. The number of amides is 1. The first kappa shape index (κ1) is 21.3. The molecule has 7 nitrogen and oxygen atoms in total. The van der Waals surface area contributed by atoms with Gasteiger partial charge in [-0.15, -0.1) is 11.3 Å². The molecule has 0 aliphatic rings. The van der Waals surface area contributed by atoms with Crippen LogP contribution in [0.4, 0.5) is 4.39 Å². The third kappa shape index (κ3) is 5.36. The zero-order valence-electron chi connectivity index (χ0n) is 15.1. The number of pyridine rings is 1. The number of sulfonamides is 1. The highest BCUT2D eigenvalue weighted by molar-refractivity contribution is 7.89. The summed E-state index contributed by atoms with van der Waals surface area (Å²) >= 11 is 7.08. The lowest BCUT2D eigenvalue weighted by atomic mass is 10.2. The van der Waals surface area contributed by atoms with Gasteiger partial charge in [-0.25, -0.2) is 17.5 Å². The Hall–Kier alpha value is -2.40. The molecule has 0 unspecified atom stereocenters. The molecular formula is C18H16ClFN4O3S2. The maximum atomic E-state index is 13.2. The molecule has 2 N–H and O–H groups in total. The number of hydrogen-bond acceptors (Lipinski definition) is 6. The number of carbonyl (C=O) groups is 1. The van der Waals surface area contributed by atoms with Crippen LogP contribution in [0.1, 0.15) is 33.9 Å². The highest BCUT2D eigenvalue weighted by atomic mass is 35.5. The summed E-state index contributed by atoms with van der Waals surface area (Å²) in [5, 5.41) is 2.56. The van der Waals surface area contributed by atoms with Gasteiger partial charge in [0.05, 0.1) is 39.3 Å². The molecular weight excluding hydrogens is 439 g/mol. The molecule has 0 spiro atoms. The Bertz CT molecular complexity index is 1110. The smallest absolute Gasteiger partial charge is 0.253 e. The Morgan fingerprint density at radius 3 is 2.69 bits per heavy atom. The van der Waals surface area contributed by atoms with Crippen molar-refractivity contribution in [1.82, 2.24) is 20.0 Å². The number of rotatable bonds is 7. The van der Waals surface area contributed by atoms with Crippen molar-refractivity contribution in [3.63, 3.8) is 0 Å². The largest absolute Gasteiger partial charge is 0.345 e. The molecule has 3 aromatic rings. The number of benzene rings is 1. The van der Waals surface area contributed by atoms with Gasteiger partial charge in [-0.3, -0.25) is 14.8 Å². The quantitative estimate of drug-likeness (QED) is 0.570. The highest BCUT2D eigenvalue weighted by Crippen LogP contribution is 2.20. The molecule has 0 radical (unpaired) electrons. The fourth-order valence-corrected chi connectivity index (χ4v) is 4.25. The van der Waals surface area contributed by atoms with E-state index in [4.69, 9.17) is 11.6 Å². The van der Waals surface area contributed by atoms with Crippen LogP contribution < -0.4 is 10.0 Å². The van der Waals surface area contributed by atoms with E-state index in [0.29, 0.717) is 11.3 Å². The van der Waals surface area contributed by atoms with Crippen molar-refractivity contribution in [3.8, 4) is 0 Å². The van der Waals surface area contributed by atoms with E-state index < -0.39 is 15.8 Å². The zero-order chi connectivity index (χ0) is 21.0. The van der Waals surface area contributed by atoms with Gasteiger partial charge in [0.15, 0.2) is 0 Å². The molecule has 152 valence electrons. The fourth-order valence-electron chi connectivity index (χ4n) is 2.35. The second-order valence-corrected chi connectivity index (χ2v) is 9.13. The molecule has 11 heteroatoms. The molecule has 0 bridgehead atoms. The van der Waals surface area contributed by atoms with E-state index in [0.717, 1.165) is 23.1 Å². The lowest BCUT2D eigenvalue weighted by molar-refractivity contribution is 0.0940. The molecule has 1 atom stereocenters. The lowest BCUT2D eigenvalue weighted by Crippen LogP contribution is -2.26. The van der Waals surface area contributed by atoms with E-state index in [9.17, 15) is 17.6 Å². The Kier molecular flexibility index (Phi) is 6.58. The second kappa shape index (κ2) is 8.95. The molecule has 29 heavy (non-hydrogen) atoms. The van der Waals surface area contributed by atoms with Crippen molar-refractivity contribution < 1.29 is 17.6 Å². The van der Waals surface area contributed by atoms with Crippen LogP contribution in [-0.4, -0.2) is 24.3 Å². The van der Waals surface area contributed by atoms with Gasteiger partial charge in [0, 0.05) is 17.3 Å². The van der Waals surface area contributed by atoms with E-state index in [-0.39, 0.29) is 28.4 Å². The molecule has 0 saturated carbocycles. The molecule has 0 aliphatic heterocycles. The summed E-state index contributed by atoms with van der Waals surface area (Å²) in [5.41, 5.74) is 2.45. The number of aromatic nitrogens is 2. The number of thiazole rings is 1. The molecule has 0 saturated heterocycles. The monoisotopic (exact) mass is 454 g/mol. The first-order valence-corrected chi connectivity index (χ1v) is 11.1. The first-order valence-electron chi connectivity index (χ1n) is 8.35. The van der Waals surface area contributed by atoms with E-state index >= 15 is 0 Å². The number of nitrogens with zero attached hydrogens (tertiary/aromatic N) is 2. The average Bonchev–Trinajstić information content (AvgIpc) is 3.24. The molecule has 2 heterocycles. The topological polar surface area (TPSA) is 101 Å². The van der Waals surface area contributed by atoms with Gasteiger partial charge in [-0.05, 0) is 37.3 Å². The van der Waals surface area contributed by atoms with Gasteiger partial charge in [-0.1, -0.05) is 11.6 Å². The van der Waals surface area contributed by atoms with Gasteiger partial charge in [0.1, 0.15) is 5.82 Å². The zero-order valence-corrected chi connectivity index (χ0v) is 17.5. The summed E-state index contributed by atoms with van der Waals surface area (Å²) in [4.78, 5) is 21.2. The predicted molar refractivity (Wildman–Crippen MR) is 108 cm³/mol. The van der Waals surface area contributed by atoms with Gasteiger partial charge < -0.3 is 5.32 Å². The van der Waals surface area contributed by atoms with E-state index in [2.05, 4.69) is 20.0 Å². The third-order valence-corrected chi connectivity index (χ3v) is 6.60. The first-order chi connectivity index (χ1) is 13.8. The lowest BCUT2D eigenvalue weighted by Gasteiger charge is -2.12. The molecule has 0 aliphatic carbocycles. The van der Waals surface area contributed by atoms with Crippen molar-refractivity contribution in [3.05, 3.63) is 75.2 Å². The number of carbonyl (C=O) groups excluding carboxylic acids is 1. The maximum absolute atomic E-state index is 13.2. The Balaban J connectivity index is 1.61. The van der Waals surface area contributed by atoms with Crippen LogP contribution in [0.15, 0.2) is 53.1 Å². The molecule has 1 aromatic carbocycles. The van der Waals surface area contributed by atoms with Gasteiger partial charge in [-0.2, -0.15) is 0 Å². The summed E-state index contributed by atoms with van der Waals surface area (Å²) in [5.74, 6) is -1.00. The Morgan fingerprint density at radius 2 is 2.07 bits per heavy atom. The predicted octanol–water partition coefficient (Wildman–Crippen LogP) is 3.30. The van der Waals surface area contributed by atoms with E-state index in [1.54, 1.807) is 23.8 Å². The normalized spacial score (nSPS) is 12.5. The Labute approximate surface area is 176 Å². The van der Waals surface area contributed by atoms with E-state index in [1.807, 2.05) is 6.92 Å². The van der Waals surface area contributed by atoms with Crippen molar-refractivity contribution in [2.75, 3.05) is 0 Å². The minimum Gasteiger partial charge on any atom is -0.345 e. The standard InChI is InChI=1S/C18H16ClFN4O3S2/c1-11(17-9-21-10-28-17)24-18(25)12-2-3-13(22-7-12)8-23-29(26,27)14-4-5-16(20)15(19)6-14/h2-7,9-11,23H,8H2,1H3,(H,24,25)/t11-/m1/s1. The van der Waals surface area contributed by atoms with Crippen molar-refractivity contribution >= 4 is 38.9 Å². The van der Waals surface area contributed by atoms with E-state index in [1.165, 1.54) is 17.5 Å². The van der Waals surface area contributed by atoms with Crippen LogP contribution in [0.25, 0.3) is 0 Å². The van der Waals surface area contributed by atoms with Crippen LogP contribution in [0.5, 0.6) is 0 Å². The Morgan fingerprint density at radius 1 is 1.28 bits per heavy atom. The van der Waals surface area contributed by atoms with Gasteiger partial charge in [0.2, 0.25) is 10.0 Å². The minimum atomic E-state index is -3.89. The highest BCUT2D eigenvalue weighted by Gasteiger charge is 2.17. The van der Waals surface area contributed by atoms with Gasteiger partial charge in [0.25, 0.3) is 5.91 Å². The summed E-state index contributed by atoms with van der Waals surface area (Å²) in [6.45, 7) is 1.75. The van der Waals surface area contributed by atoms with Crippen LogP contribution in [0.2, 0.25) is 5.02 Å². The average molecular weight is 455 g/mol. The van der Waals surface area contributed by atoms with Crippen LogP contribution in [-0.2, 0) is 16.6 Å². The molecule has 0 fully saturated rings. The van der Waals surface area contributed by atoms with Gasteiger partial charge >= 0.3 is 0 Å². The number of halogens is 2. The number of nitrogens with one attached hydrogen (secondary N) is 2. The number of hydrogen-bond donors (Lipinski definition) is 2. The van der Waals surface area contributed by atoms with Crippen LogP contribution in [0, 0.1) is 5.82 Å². The van der Waals surface area contributed by atoms with Crippen molar-refractivity contribution in [2.24, 2.45) is 0 Å². The summed E-state index contributed by atoms with van der Waals surface area (Å²) in [7, 11) is -3.89. The second-order valence-electron chi connectivity index (χ2n) is 6.04. The van der Waals surface area contributed by atoms with Crippen LogP contribution in [0.3, 0.4) is 0 Å². The molecule has 3 rings (SSSR count). The summed E-state index contributed by atoms with van der Waals surface area (Å²) in [6, 6.07) is 6.05. The molecule has 2 aromatic heterocycles.